The topological polar surface area (TPSA) is 62.3 Å². The molecule has 1 aliphatic rings. The molecule has 3 rings (SSSR count). The van der Waals surface area contributed by atoms with Crippen LogP contribution in [0.5, 0.6) is 0 Å². The van der Waals surface area contributed by atoms with E-state index in [9.17, 15) is 9.59 Å². The fourth-order valence-corrected chi connectivity index (χ4v) is 3.13. The lowest BCUT2D eigenvalue weighted by molar-refractivity contribution is 0.0731. The van der Waals surface area contributed by atoms with Crippen LogP contribution in [0, 0.1) is 0 Å². The van der Waals surface area contributed by atoms with Gasteiger partial charge in [-0.25, -0.2) is 4.98 Å². The number of rotatable bonds is 7. The van der Waals surface area contributed by atoms with Crippen molar-refractivity contribution in [2.75, 3.05) is 13.1 Å². The molecule has 0 unspecified atom stereocenters. The zero-order chi connectivity index (χ0) is 19.4. The number of nitrogens with zero attached hydrogens (tertiary/aromatic N) is 2. The normalized spacial score (nSPS) is 13.5. The molecule has 0 saturated heterocycles. The molecule has 0 atom stereocenters. The predicted molar refractivity (Wildman–Crippen MR) is 106 cm³/mol. The third kappa shape index (κ3) is 4.86. The highest BCUT2D eigenvalue weighted by molar-refractivity contribution is 6.33. The van der Waals surface area contributed by atoms with Crippen molar-refractivity contribution in [2.45, 2.75) is 38.6 Å². The number of pyridine rings is 1. The summed E-state index contributed by atoms with van der Waals surface area (Å²) in [4.78, 5) is 31.0. The number of hydrogen-bond donors (Lipinski definition) is 1. The molecule has 2 aromatic rings. The number of carbonyl (C=O) groups excluding carboxylic acids is 2. The van der Waals surface area contributed by atoms with Gasteiger partial charge in [-0.3, -0.25) is 9.59 Å². The summed E-state index contributed by atoms with van der Waals surface area (Å²) < 4.78 is 0. The van der Waals surface area contributed by atoms with Crippen LogP contribution in [0.3, 0.4) is 0 Å². The van der Waals surface area contributed by atoms with Gasteiger partial charge in [0.25, 0.3) is 11.8 Å². The molecule has 1 aliphatic carbocycles. The van der Waals surface area contributed by atoms with Gasteiger partial charge >= 0.3 is 0 Å². The summed E-state index contributed by atoms with van der Waals surface area (Å²) in [6.07, 6.45) is 3.51. The van der Waals surface area contributed by atoms with E-state index in [0.717, 1.165) is 12.8 Å². The monoisotopic (exact) mass is 385 g/mol. The van der Waals surface area contributed by atoms with Crippen molar-refractivity contribution in [2.24, 2.45) is 0 Å². The summed E-state index contributed by atoms with van der Waals surface area (Å²) >= 11 is 6.11. The molecule has 1 fully saturated rings. The summed E-state index contributed by atoms with van der Waals surface area (Å²) in [5, 5.41) is 3.24. The van der Waals surface area contributed by atoms with E-state index in [4.69, 9.17) is 11.6 Å². The van der Waals surface area contributed by atoms with Gasteiger partial charge in [-0.15, -0.1) is 0 Å². The van der Waals surface area contributed by atoms with Gasteiger partial charge in [0.1, 0.15) is 5.69 Å². The van der Waals surface area contributed by atoms with E-state index in [2.05, 4.69) is 24.1 Å². The fourth-order valence-electron chi connectivity index (χ4n) is 2.93. The third-order valence-electron chi connectivity index (χ3n) is 4.69. The molecule has 1 N–H and O–H groups in total. The highest BCUT2D eigenvalue weighted by Gasteiger charge is 2.34. The van der Waals surface area contributed by atoms with E-state index in [1.165, 1.54) is 5.56 Å². The van der Waals surface area contributed by atoms with Crippen LogP contribution in [-0.4, -0.2) is 40.8 Å². The number of aromatic nitrogens is 1. The van der Waals surface area contributed by atoms with E-state index in [1.807, 2.05) is 24.3 Å². The maximum absolute atomic E-state index is 12.8. The Morgan fingerprint density at radius 2 is 1.93 bits per heavy atom. The molecule has 5 nitrogen and oxygen atoms in total. The van der Waals surface area contributed by atoms with Crippen molar-refractivity contribution < 1.29 is 9.59 Å². The summed E-state index contributed by atoms with van der Waals surface area (Å²) in [5.74, 6) is 0.113. The highest BCUT2D eigenvalue weighted by Crippen LogP contribution is 2.28. The zero-order valence-electron chi connectivity index (χ0n) is 15.6. The van der Waals surface area contributed by atoms with Crippen molar-refractivity contribution in [1.29, 1.82) is 0 Å². The van der Waals surface area contributed by atoms with Gasteiger partial charge in [0.15, 0.2) is 0 Å². The first-order chi connectivity index (χ1) is 13.0. The maximum Gasteiger partial charge on any atom is 0.274 e. The average Bonchev–Trinajstić information content (AvgIpc) is 3.50. The molecule has 0 aliphatic heterocycles. The van der Waals surface area contributed by atoms with Gasteiger partial charge in [-0.2, -0.15) is 0 Å². The lowest BCUT2D eigenvalue weighted by Crippen LogP contribution is -2.40. The molecule has 1 saturated carbocycles. The second-order valence-electron chi connectivity index (χ2n) is 7.10. The van der Waals surface area contributed by atoms with Crippen LogP contribution in [0.25, 0.3) is 0 Å². The minimum absolute atomic E-state index is 0.135. The molecule has 1 aromatic carbocycles. The summed E-state index contributed by atoms with van der Waals surface area (Å²) in [6.45, 7) is 5.06. The molecule has 0 radical (unpaired) electrons. The highest BCUT2D eigenvalue weighted by atomic mass is 35.5. The van der Waals surface area contributed by atoms with Gasteiger partial charge in [0.2, 0.25) is 0 Å². The first-order valence-electron chi connectivity index (χ1n) is 9.27. The molecule has 1 heterocycles. The van der Waals surface area contributed by atoms with Gasteiger partial charge < -0.3 is 10.2 Å². The Hall–Kier alpha value is -2.40. The molecule has 0 spiro atoms. The molecule has 0 bridgehead atoms. The van der Waals surface area contributed by atoms with Crippen LogP contribution in [0.15, 0.2) is 42.6 Å². The smallest absolute Gasteiger partial charge is 0.274 e. The molecule has 142 valence electrons. The second kappa shape index (κ2) is 8.53. The Morgan fingerprint density at radius 3 is 2.52 bits per heavy atom. The minimum atomic E-state index is -0.182. The maximum atomic E-state index is 12.8. The Balaban J connectivity index is 1.58. The summed E-state index contributed by atoms with van der Waals surface area (Å²) in [7, 11) is 0. The molecule has 2 amide bonds. The van der Waals surface area contributed by atoms with Crippen LogP contribution >= 0.6 is 11.6 Å². The van der Waals surface area contributed by atoms with Crippen molar-refractivity contribution in [1.82, 2.24) is 15.2 Å². The van der Waals surface area contributed by atoms with Crippen molar-refractivity contribution in [3.8, 4) is 0 Å². The Kier molecular flexibility index (Phi) is 6.11. The van der Waals surface area contributed by atoms with Crippen molar-refractivity contribution >= 4 is 23.4 Å². The Morgan fingerprint density at radius 1 is 1.22 bits per heavy atom. The van der Waals surface area contributed by atoms with Crippen LogP contribution in [-0.2, 0) is 0 Å². The number of nitrogens with one attached hydrogen (secondary N) is 1. The first kappa shape index (κ1) is 19.4. The van der Waals surface area contributed by atoms with E-state index in [0.29, 0.717) is 29.6 Å². The van der Waals surface area contributed by atoms with Crippen LogP contribution in [0.4, 0.5) is 0 Å². The summed E-state index contributed by atoms with van der Waals surface area (Å²) in [5.41, 5.74) is 2.09. The minimum Gasteiger partial charge on any atom is -0.350 e. The molecule has 27 heavy (non-hydrogen) atoms. The number of halogens is 1. The van der Waals surface area contributed by atoms with E-state index in [-0.39, 0.29) is 23.6 Å². The second-order valence-corrected chi connectivity index (χ2v) is 7.50. The number of benzene rings is 1. The van der Waals surface area contributed by atoms with Gasteiger partial charge in [-0.1, -0.05) is 37.6 Å². The molecule has 6 heteroatoms. The Bertz CT molecular complexity index is 816. The van der Waals surface area contributed by atoms with Crippen molar-refractivity contribution in [3.05, 3.63) is 64.4 Å². The molecular formula is C21H24ClN3O2. The largest absolute Gasteiger partial charge is 0.350 e. The van der Waals surface area contributed by atoms with Crippen LogP contribution < -0.4 is 5.32 Å². The van der Waals surface area contributed by atoms with E-state index >= 15 is 0 Å². The SMILES string of the molecule is CC(C)c1ccc(C(=O)NCCN(C(=O)c2ncccc2Cl)C2CC2)cc1. The van der Waals surface area contributed by atoms with Gasteiger partial charge in [0, 0.05) is 30.9 Å². The predicted octanol–water partition coefficient (Wildman–Crippen LogP) is 3.89. The van der Waals surface area contributed by atoms with Gasteiger partial charge in [0.05, 0.1) is 5.02 Å². The third-order valence-corrected chi connectivity index (χ3v) is 4.99. The molecule has 1 aromatic heterocycles. The van der Waals surface area contributed by atoms with Crippen LogP contribution in [0.2, 0.25) is 5.02 Å². The lowest BCUT2D eigenvalue weighted by atomic mass is 10.0. The lowest BCUT2D eigenvalue weighted by Gasteiger charge is -2.22. The summed E-state index contributed by atoms with van der Waals surface area (Å²) in [6, 6.07) is 11.2. The number of hydrogen-bond acceptors (Lipinski definition) is 3. The Labute approximate surface area is 164 Å². The van der Waals surface area contributed by atoms with Crippen molar-refractivity contribution in [3.63, 3.8) is 0 Å². The number of amides is 2. The quantitative estimate of drug-likeness (QED) is 0.786. The first-order valence-corrected chi connectivity index (χ1v) is 9.65. The zero-order valence-corrected chi connectivity index (χ0v) is 16.4. The molecular weight excluding hydrogens is 362 g/mol. The standard InChI is InChI=1S/C21H24ClN3O2/c1-14(2)15-5-7-16(8-6-15)20(26)24-12-13-25(17-9-10-17)21(27)19-18(22)4-3-11-23-19/h3-8,11,14,17H,9-10,12-13H2,1-2H3,(H,24,26). The van der Waals surface area contributed by atoms with Gasteiger partial charge in [-0.05, 0) is 48.6 Å². The average molecular weight is 386 g/mol. The fraction of sp³-hybridized carbons (Fsp3) is 0.381. The van der Waals surface area contributed by atoms with Crippen LogP contribution in [0.1, 0.15) is 59.0 Å². The number of carbonyl (C=O) groups is 2. The van der Waals surface area contributed by atoms with E-state index in [1.54, 1.807) is 23.2 Å². The van der Waals surface area contributed by atoms with E-state index < -0.39 is 0 Å².